The normalized spacial score (nSPS) is 15.5. The summed E-state index contributed by atoms with van der Waals surface area (Å²) in [4.78, 5) is 11.8. The molecule has 0 spiro atoms. The zero-order valence-electron chi connectivity index (χ0n) is 11.3. The van der Waals surface area contributed by atoms with Gasteiger partial charge in [0.15, 0.2) is 0 Å². The quantitative estimate of drug-likeness (QED) is 0.847. The molecule has 0 aromatic heterocycles. The first-order valence-corrected chi connectivity index (χ1v) is 8.07. The van der Waals surface area contributed by atoms with E-state index in [4.69, 9.17) is 9.88 Å². The Morgan fingerprint density at radius 1 is 1.45 bits per heavy atom. The van der Waals surface area contributed by atoms with Crippen LogP contribution in [0, 0.1) is 0 Å². The van der Waals surface area contributed by atoms with Crippen LogP contribution in [0.5, 0.6) is 5.75 Å². The van der Waals surface area contributed by atoms with Crippen LogP contribution in [-0.4, -0.2) is 27.0 Å². The molecule has 3 N–H and O–H groups in total. The number of nitrogens with one attached hydrogen (secondary N) is 1. The molecule has 1 aliphatic rings. The number of amides is 1. The van der Waals surface area contributed by atoms with Crippen LogP contribution in [0.1, 0.15) is 36.5 Å². The highest BCUT2D eigenvalue weighted by Gasteiger charge is 2.22. The number of hydrogen-bond donors (Lipinski definition) is 2. The third-order valence-corrected chi connectivity index (χ3v) is 4.18. The summed E-state index contributed by atoms with van der Waals surface area (Å²) < 4.78 is 28.3. The summed E-state index contributed by atoms with van der Waals surface area (Å²) in [7, 11) is -3.94. The molecule has 7 heteroatoms. The second kappa shape index (κ2) is 5.80. The number of primary sulfonamides is 1. The van der Waals surface area contributed by atoms with E-state index in [1.807, 2.05) is 0 Å². The molecule has 2 rings (SSSR count). The Morgan fingerprint density at radius 2 is 2.15 bits per heavy atom. The van der Waals surface area contributed by atoms with Crippen molar-refractivity contribution in [3.05, 3.63) is 23.8 Å². The van der Waals surface area contributed by atoms with Gasteiger partial charge in [0, 0.05) is 11.6 Å². The number of sulfonamides is 1. The average Bonchev–Trinajstić information content (AvgIpc) is 2.33. The highest BCUT2D eigenvalue weighted by molar-refractivity contribution is 7.89. The van der Waals surface area contributed by atoms with E-state index in [0.29, 0.717) is 6.61 Å². The molecule has 0 heterocycles. The molecule has 1 amide bonds. The second-order valence-electron chi connectivity index (χ2n) is 4.74. The Balaban J connectivity index is 2.28. The molecule has 20 heavy (non-hydrogen) atoms. The SMILES string of the molecule is CCOc1ccc(C(=O)NC2CCC2)cc1S(N)(=O)=O. The Morgan fingerprint density at radius 3 is 2.65 bits per heavy atom. The Bertz CT molecular complexity index is 609. The maximum Gasteiger partial charge on any atom is 0.251 e. The highest BCUT2D eigenvalue weighted by Crippen LogP contribution is 2.25. The van der Waals surface area contributed by atoms with Gasteiger partial charge < -0.3 is 10.1 Å². The molecule has 1 aromatic carbocycles. The topological polar surface area (TPSA) is 98.5 Å². The van der Waals surface area contributed by atoms with E-state index < -0.39 is 10.0 Å². The lowest BCUT2D eigenvalue weighted by molar-refractivity contribution is 0.0916. The van der Waals surface area contributed by atoms with E-state index in [9.17, 15) is 13.2 Å². The summed E-state index contributed by atoms with van der Waals surface area (Å²) in [5, 5.41) is 8.00. The molecule has 1 fully saturated rings. The summed E-state index contributed by atoms with van der Waals surface area (Å²) in [5.41, 5.74) is 0.268. The minimum absolute atomic E-state index is 0.162. The summed E-state index contributed by atoms with van der Waals surface area (Å²) in [6, 6.07) is 4.44. The van der Waals surface area contributed by atoms with Gasteiger partial charge >= 0.3 is 0 Å². The molecule has 0 bridgehead atoms. The molecule has 0 saturated heterocycles. The van der Waals surface area contributed by atoms with Gasteiger partial charge in [-0.15, -0.1) is 0 Å². The van der Waals surface area contributed by atoms with Crippen molar-refractivity contribution in [2.75, 3.05) is 6.61 Å². The van der Waals surface area contributed by atoms with Crippen LogP contribution in [0.3, 0.4) is 0 Å². The van der Waals surface area contributed by atoms with Crippen molar-refractivity contribution in [1.82, 2.24) is 5.32 Å². The minimum atomic E-state index is -3.94. The standard InChI is InChI=1S/C13H18N2O4S/c1-2-19-11-7-6-9(8-12(11)20(14,17)18)13(16)15-10-4-3-5-10/h6-8,10H,2-5H2,1H3,(H,15,16)(H2,14,17,18). The van der Waals surface area contributed by atoms with Gasteiger partial charge in [-0.2, -0.15) is 0 Å². The lowest BCUT2D eigenvalue weighted by Crippen LogP contribution is -2.39. The first kappa shape index (κ1) is 14.8. The van der Waals surface area contributed by atoms with Gasteiger partial charge in [0.2, 0.25) is 10.0 Å². The first-order valence-electron chi connectivity index (χ1n) is 6.52. The fourth-order valence-corrected chi connectivity index (χ4v) is 2.67. The van der Waals surface area contributed by atoms with Crippen LogP contribution in [0.15, 0.2) is 23.1 Å². The van der Waals surface area contributed by atoms with Crippen molar-refractivity contribution < 1.29 is 17.9 Å². The summed E-state index contributed by atoms with van der Waals surface area (Å²) >= 11 is 0. The maximum absolute atomic E-state index is 12.0. The monoisotopic (exact) mass is 298 g/mol. The molecular weight excluding hydrogens is 280 g/mol. The molecule has 0 aliphatic heterocycles. The molecule has 1 aromatic rings. The van der Waals surface area contributed by atoms with Crippen molar-refractivity contribution in [3.8, 4) is 5.75 Å². The lowest BCUT2D eigenvalue weighted by Gasteiger charge is -2.26. The smallest absolute Gasteiger partial charge is 0.251 e. The number of carbonyl (C=O) groups is 1. The van der Waals surface area contributed by atoms with E-state index in [1.54, 1.807) is 6.92 Å². The summed E-state index contributed by atoms with van der Waals surface area (Å²) in [6.07, 6.45) is 3.03. The van der Waals surface area contributed by atoms with Crippen molar-refractivity contribution in [3.63, 3.8) is 0 Å². The van der Waals surface area contributed by atoms with Gasteiger partial charge in [-0.25, -0.2) is 13.6 Å². The second-order valence-corrected chi connectivity index (χ2v) is 6.27. The van der Waals surface area contributed by atoms with E-state index in [0.717, 1.165) is 19.3 Å². The van der Waals surface area contributed by atoms with E-state index in [-0.39, 0.29) is 28.2 Å². The predicted octanol–water partition coefficient (Wildman–Crippen LogP) is 1.01. The molecule has 6 nitrogen and oxygen atoms in total. The van der Waals surface area contributed by atoms with Gasteiger partial charge in [-0.3, -0.25) is 4.79 Å². The molecule has 1 saturated carbocycles. The third-order valence-electron chi connectivity index (χ3n) is 3.25. The van der Waals surface area contributed by atoms with Crippen LogP contribution in [0.25, 0.3) is 0 Å². The highest BCUT2D eigenvalue weighted by atomic mass is 32.2. The number of carbonyl (C=O) groups excluding carboxylic acids is 1. The molecule has 0 unspecified atom stereocenters. The van der Waals surface area contributed by atoms with Crippen molar-refractivity contribution >= 4 is 15.9 Å². The lowest BCUT2D eigenvalue weighted by atomic mass is 9.93. The van der Waals surface area contributed by atoms with Crippen LogP contribution >= 0.6 is 0 Å². The predicted molar refractivity (Wildman–Crippen MR) is 74.1 cm³/mol. The van der Waals surface area contributed by atoms with Crippen LogP contribution < -0.4 is 15.2 Å². The molecule has 1 aliphatic carbocycles. The molecular formula is C13H18N2O4S. The zero-order valence-corrected chi connectivity index (χ0v) is 12.1. The van der Waals surface area contributed by atoms with Crippen molar-refractivity contribution in [1.29, 1.82) is 0 Å². The maximum atomic E-state index is 12.0. The third kappa shape index (κ3) is 3.29. The van der Waals surface area contributed by atoms with Crippen molar-refractivity contribution in [2.24, 2.45) is 5.14 Å². The average molecular weight is 298 g/mol. The number of benzene rings is 1. The molecule has 110 valence electrons. The minimum Gasteiger partial charge on any atom is -0.492 e. The van der Waals surface area contributed by atoms with Gasteiger partial charge in [0.25, 0.3) is 5.91 Å². The van der Waals surface area contributed by atoms with Crippen molar-refractivity contribution in [2.45, 2.75) is 37.1 Å². The zero-order chi connectivity index (χ0) is 14.8. The molecule has 0 radical (unpaired) electrons. The van der Waals surface area contributed by atoms with E-state index in [1.165, 1.54) is 18.2 Å². The Hall–Kier alpha value is -1.60. The largest absolute Gasteiger partial charge is 0.492 e. The number of hydrogen-bond acceptors (Lipinski definition) is 4. The van der Waals surface area contributed by atoms with Crippen LogP contribution in [0.4, 0.5) is 0 Å². The van der Waals surface area contributed by atoms with Gasteiger partial charge in [0.05, 0.1) is 6.61 Å². The fourth-order valence-electron chi connectivity index (χ4n) is 1.97. The molecule has 0 atom stereocenters. The summed E-state index contributed by atoms with van der Waals surface area (Å²) in [5.74, 6) is -0.127. The van der Waals surface area contributed by atoms with Crippen LogP contribution in [0.2, 0.25) is 0 Å². The van der Waals surface area contributed by atoms with Gasteiger partial charge in [0.1, 0.15) is 10.6 Å². The van der Waals surface area contributed by atoms with E-state index in [2.05, 4.69) is 5.32 Å². The van der Waals surface area contributed by atoms with Gasteiger partial charge in [-0.05, 0) is 44.4 Å². The Labute approximate surface area is 118 Å². The van der Waals surface area contributed by atoms with E-state index >= 15 is 0 Å². The number of rotatable bonds is 5. The first-order chi connectivity index (χ1) is 9.41. The Kier molecular flexibility index (Phi) is 4.29. The number of nitrogens with two attached hydrogens (primary N) is 1. The summed E-state index contributed by atoms with van der Waals surface area (Å²) in [6.45, 7) is 2.06. The van der Waals surface area contributed by atoms with Crippen LogP contribution in [-0.2, 0) is 10.0 Å². The van der Waals surface area contributed by atoms with Gasteiger partial charge in [-0.1, -0.05) is 0 Å². The fraction of sp³-hybridized carbons (Fsp3) is 0.462. The number of ether oxygens (including phenoxy) is 1.